The molecule has 6 nitrogen and oxygen atoms in total. The van der Waals surface area contributed by atoms with Crippen LogP contribution in [0, 0.1) is 0 Å². The lowest BCUT2D eigenvalue weighted by Crippen LogP contribution is -2.16. The second-order valence-electron chi connectivity index (χ2n) is 7.72. The number of fused-ring (bicyclic) bond motifs is 1. The topological polar surface area (TPSA) is 109 Å². The molecule has 0 amide bonds. The maximum Gasteiger partial charge on any atom is 0.296 e. The fourth-order valence-electron chi connectivity index (χ4n) is 4.04. The van der Waals surface area contributed by atoms with Crippen LogP contribution in [-0.4, -0.2) is 25.9 Å². The van der Waals surface area contributed by atoms with Crippen LogP contribution >= 0.6 is 0 Å². The quantitative estimate of drug-likeness (QED) is 0.441. The molecule has 0 fully saturated rings. The minimum Gasteiger partial charge on any atom is -0.282 e. The van der Waals surface area contributed by atoms with E-state index >= 15 is 0 Å². The molecule has 0 heterocycles. The maximum absolute atomic E-state index is 12.4. The Hall–Kier alpha value is -1.48. The standard InChI is InChI=1S/C22H32O6S2/c1-4-7-11-16-12-10-15-19-20(16)17(13-8-5-2)18(14-9-6-3)21(29(23,24)25)22(19)30(26,27)28/h10,12,15H,4-9,11,13-14H2,1-3H3,(H,23,24,25)(H,26,27,28). The number of aryl methyl sites for hydroxylation is 2. The van der Waals surface area contributed by atoms with Crippen molar-refractivity contribution in [3.63, 3.8) is 0 Å². The summed E-state index contributed by atoms with van der Waals surface area (Å²) in [6.45, 7) is 6.05. The van der Waals surface area contributed by atoms with Gasteiger partial charge in [-0.05, 0) is 60.6 Å². The van der Waals surface area contributed by atoms with E-state index in [0.717, 1.165) is 49.7 Å². The fraction of sp³-hybridized carbons (Fsp3) is 0.545. The molecule has 0 aliphatic rings. The van der Waals surface area contributed by atoms with Crippen molar-refractivity contribution in [3.8, 4) is 0 Å². The van der Waals surface area contributed by atoms with Gasteiger partial charge < -0.3 is 0 Å². The minimum absolute atomic E-state index is 0.157. The van der Waals surface area contributed by atoms with E-state index in [2.05, 4.69) is 6.92 Å². The average Bonchev–Trinajstić information content (AvgIpc) is 2.66. The van der Waals surface area contributed by atoms with Crippen molar-refractivity contribution < 1.29 is 25.9 Å². The molecule has 0 unspecified atom stereocenters. The maximum atomic E-state index is 12.4. The second kappa shape index (κ2) is 10.2. The van der Waals surface area contributed by atoms with Gasteiger partial charge in [-0.3, -0.25) is 9.11 Å². The Balaban J connectivity index is 3.15. The molecule has 0 aromatic heterocycles. The Bertz CT molecular complexity index is 1100. The van der Waals surface area contributed by atoms with Crippen molar-refractivity contribution in [3.05, 3.63) is 34.9 Å². The smallest absolute Gasteiger partial charge is 0.282 e. The van der Waals surface area contributed by atoms with Crippen molar-refractivity contribution in [2.75, 3.05) is 0 Å². The monoisotopic (exact) mass is 456 g/mol. The van der Waals surface area contributed by atoms with Gasteiger partial charge in [-0.2, -0.15) is 16.8 Å². The highest BCUT2D eigenvalue weighted by atomic mass is 32.2. The van der Waals surface area contributed by atoms with E-state index < -0.39 is 30.0 Å². The summed E-state index contributed by atoms with van der Waals surface area (Å²) in [6.07, 6.45) is 6.55. The van der Waals surface area contributed by atoms with Crippen LogP contribution in [0.4, 0.5) is 0 Å². The molecule has 168 valence electrons. The third-order valence-corrected chi connectivity index (χ3v) is 7.45. The van der Waals surface area contributed by atoms with Crippen molar-refractivity contribution in [1.29, 1.82) is 0 Å². The number of hydrogen-bond acceptors (Lipinski definition) is 4. The summed E-state index contributed by atoms with van der Waals surface area (Å²) in [5, 5.41) is 0.857. The Morgan fingerprint density at radius 2 is 1.20 bits per heavy atom. The van der Waals surface area contributed by atoms with Crippen LogP contribution in [0.2, 0.25) is 0 Å². The molecular formula is C22H32O6S2. The number of rotatable bonds is 11. The molecule has 30 heavy (non-hydrogen) atoms. The van der Waals surface area contributed by atoms with Crippen LogP contribution in [0.15, 0.2) is 28.0 Å². The molecule has 0 aliphatic heterocycles. The normalized spacial score (nSPS) is 12.6. The highest BCUT2D eigenvalue weighted by molar-refractivity contribution is 7.89. The van der Waals surface area contributed by atoms with Gasteiger partial charge in [0.15, 0.2) is 0 Å². The van der Waals surface area contributed by atoms with E-state index in [-0.39, 0.29) is 5.39 Å². The van der Waals surface area contributed by atoms with Crippen molar-refractivity contribution >= 4 is 31.0 Å². The Morgan fingerprint density at radius 3 is 1.70 bits per heavy atom. The van der Waals surface area contributed by atoms with E-state index in [0.29, 0.717) is 30.2 Å². The van der Waals surface area contributed by atoms with Crippen molar-refractivity contribution in [2.24, 2.45) is 0 Å². The van der Waals surface area contributed by atoms with Crippen LogP contribution in [0.25, 0.3) is 10.8 Å². The summed E-state index contributed by atoms with van der Waals surface area (Å²) in [5.74, 6) is 0. The van der Waals surface area contributed by atoms with Crippen molar-refractivity contribution in [1.82, 2.24) is 0 Å². The van der Waals surface area contributed by atoms with E-state index in [1.165, 1.54) is 6.07 Å². The number of unbranched alkanes of at least 4 members (excludes halogenated alkanes) is 3. The van der Waals surface area contributed by atoms with Crippen molar-refractivity contribution in [2.45, 2.75) is 88.3 Å². The first-order valence-corrected chi connectivity index (χ1v) is 13.5. The summed E-state index contributed by atoms with van der Waals surface area (Å²) in [4.78, 5) is -1.37. The summed E-state index contributed by atoms with van der Waals surface area (Å²) in [6, 6.07) is 5.12. The molecule has 0 spiro atoms. The van der Waals surface area contributed by atoms with Crippen LogP contribution in [-0.2, 0) is 39.5 Å². The van der Waals surface area contributed by atoms with Gasteiger partial charge in [0, 0.05) is 5.39 Å². The molecule has 0 saturated heterocycles. The molecule has 8 heteroatoms. The van der Waals surface area contributed by atoms with Gasteiger partial charge in [-0.1, -0.05) is 58.2 Å². The van der Waals surface area contributed by atoms with Gasteiger partial charge in [0.05, 0.1) is 0 Å². The molecule has 0 aliphatic carbocycles. The third-order valence-electron chi connectivity index (χ3n) is 5.42. The van der Waals surface area contributed by atoms with Gasteiger partial charge in [0.25, 0.3) is 20.2 Å². The summed E-state index contributed by atoms with van der Waals surface area (Å²) >= 11 is 0. The predicted octanol–water partition coefficient (Wildman–Crippen LogP) is 5.36. The van der Waals surface area contributed by atoms with Crippen LogP contribution in [0.1, 0.15) is 76.0 Å². The van der Waals surface area contributed by atoms with E-state index in [1.54, 1.807) is 6.07 Å². The molecule has 0 atom stereocenters. The molecule has 2 aromatic carbocycles. The zero-order chi connectivity index (χ0) is 22.5. The fourth-order valence-corrected chi connectivity index (χ4v) is 6.36. The lowest BCUT2D eigenvalue weighted by Gasteiger charge is -2.22. The van der Waals surface area contributed by atoms with E-state index in [9.17, 15) is 25.9 Å². The molecule has 0 bridgehead atoms. The number of hydrogen-bond donors (Lipinski definition) is 2. The highest BCUT2D eigenvalue weighted by Crippen LogP contribution is 2.40. The third kappa shape index (κ3) is 5.41. The molecule has 2 rings (SSSR count). The summed E-state index contributed by atoms with van der Waals surface area (Å²) in [7, 11) is -9.79. The molecule has 0 saturated carbocycles. The average molecular weight is 457 g/mol. The van der Waals surface area contributed by atoms with Gasteiger partial charge in [0.2, 0.25) is 0 Å². The van der Waals surface area contributed by atoms with Gasteiger partial charge in [-0.15, -0.1) is 0 Å². The lowest BCUT2D eigenvalue weighted by molar-refractivity contribution is 0.466. The van der Waals surface area contributed by atoms with Crippen LogP contribution < -0.4 is 0 Å². The second-order valence-corrected chi connectivity index (χ2v) is 10.4. The lowest BCUT2D eigenvalue weighted by atomic mass is 9.88. The molecule has 0 radical (unpaired) electrons. The van der Waals surface area contributed by atoms with Crippen LogP contribution in [0.3, 0.4) is 0 Å². The van der Waals surface area contributed by atoms with E-state index in [1.807, 2.05) is 19.9 Å². The highest BCUT2D eigenvalue weighted by Gasteiger charge is 2.33. The Morgan fingerprint density at radius 1 is 0.700 bits per heavy atom. The zero-order valence-electron chi connectivity index (χ0n) is 17.9. The SMILES string of the molecule is CCCCc1c(S(=O)(=O)O)c(S(=O)(=O)O)c2cccc(CCCC)c2c1CCCC. The minimum atomic E-state index is -4.90. The summed E-state index contributed by atoms with van der Waals surface area (Å²) < 4.78 is 69.6. The first-order valence-electron chi connectivity index (χ1n) is 10.6. The van der Waals surface area contributed by atoms with E-state index in [4.69, 9.17) is 0 Å². The largest absolute Gasteiger partial charge is 0.296 e. The van der Waals surface area contributed by atoms with Gasteiger partial charge in [0.1, 0.15) is 9.79 Å². The Labute approximate surface area is 180 Å². The molecular weight excluding hydrogens is 424 g/mol. The zero-order valence-corrected chi connectivity index (χ0v) is 19.6. The molecule has 2 N–H and O–H groups in total. The Kier molecular flexibility index (Phi) is 8.44. The number of benzene rings is 2. The summed E-state index contributed by atoms with van der Waals surface area (Å²) in [5.41, 5.74) is 2.02. The van der Waals surface area contributed by atoms with Gasteiger partial charge >= 0.3 is 0 Å². The predicted molar refractivity (Wildman–Crippen MR) is 119 cm³/mol. The molecule has 2 aromatic rings. The van der Waals surface area contributed by atoms with Crippen LogP contribution in [0.5, 0.6) is 0 Å². The van der Waals surface area contributed by atoms with Gasteiger partial charge in [-0.25, -0.2) is 0 Å². The first-order chi connectivity index (χ1) is 14.1. The first kappa shape index (κ1) is 24.8.